The van der Waals surface area contributed by atoms with E-state index in [1.54, 1.807) is 25.4 Å². The van der Waals surface area contributed by atoms with E-state index in [0.717, 1.165) is 5.69 Å². The van der Waals surface area contributed by atoms with E-state index < -0.39 is 0 Å². The van der Waals surface area contributed by atoms with E-state index >= 15 is 0 Å². The predicted octanol–water partition coefficient (Wildman–Crippen LogP) is 1.47. The molecule has 0 aromatic carbocycles. The van der Waals surface area contributed by atoms with Crippen LogP contribution in [0.25, 0.3) is 0 Å². The number of nitrogens with zero attached hydrogens (tertiary/aromatic N) is 3. The monoisotopic (exact) mass is 225 g/mol. The van der Waals surface area contributed by atoms with Gasteiger partial charge in [0.25, 0.3) is 5.56 Å². The van der Waals surface area contributed by atoms with E-state index in [1.807, 2.05) is 24.3 Å². The van der Waals surface area contributed by atoms with Crippen molar-refractivity contribution in [2.75, 3.05) is 0 Å². The summed E-state index contributed by atoms with van der Waals surface area (Å²) in [7, 11) is 0. The third-order valence-corrected chi connectivity index (χ3v) is 2.54. The third-order valence-electron chi connectivity index (χ3n) is 2.54. The van der Waals surface area contributed by atoms with Gasteiger partial charge in [-0.05, 0) is 30.7 Å². The smallest absolute Gasteiger partial charge is 0.269 e. The van der Waals surface area contributed by atoms with Crippen molar-refractivity contribution in [3.05, 3.63) is 63.8 Å². The lowest BCUT2D eigenvalue weighted by atomic mass is 10.2. The maximum absolute atomic E-state index is 11.9. The number of nitriles is 1. The van der Waals surface area contributed by atoms with E-state index in [9.17, 15) is 4.79 Å². The van der Waals surface area contributed by atoms with Gasteiger partial charge in [-0.15, -0.1) is 0 Å². The lowest BCUT2D eigenvalue weighted by Crippen LogP contribution is -2.23. The van der Waals surface area contributed by atoms with Crippen LogP contribution in [0.15, 0.2) is 41.5 Å². The lowest BCUT2D eigenvalue weighted by Gasteiger charge is -2.06. The van der Waals surface area contributed by atoms with Crippen LogP contribution in [-0.4, -0.2) is 9.55 Å². The number of rotatable bonds is 2. The van der Waals surface area contributed by atoms with E-state index in [4.69, 9.17) is 5.26 Å². The summed E-state index contributed by atoms with van der Waals surface area (Å²) >= 11 is 0. The van der Waals surface area contributed by atoms with Crippen molar-refractivity contribution < 1.29 is 0 Å². The zero-order valence-corrected chi connectivity index (χ0v) is 9.42. The van der Waals surface area contributed by atoms with E-state index in [0.29, 0.717) is 12.1 Å². The molecule has 0 aliphatic heterocycles. The van der Waals surface area contributed by atoms with Gasteiger partial charge >= 0.3 is 0 Å². The molecule has 0 aliphatic rings. The summed E-state index contributed by atoms with van der Waals surface area (Å²) in [4.78, 5) is 16.1. The first-order valence-electron chi connectivity index (χ1n) is 5.22. The molecule has 0 N–H and O–H groups in total. The van der Waals surface area contributed by atoms with Crippen LogP contribution in [0.4, 0.5) is 0 Å². The maximum atomic E-state index is 11.9. The minimum Gasteiger partial charge on any atom is -0.308 e. The Labute approximate surface area is 98.8 Å². The minimum atomic E-state index is -0.266. The second-order valence-electron chi connectivity index (χ2n) is 3.74. The molecule has 0 unspecified atom stereocenters. The summed E-state index contributed by atoms with van der Waals surface area (Å²) in [5, 5.41) is 8.91. The summed E-state index contributed by atoms with van der Waals surface area (Å²) in [6.45, 7) is 2.14. The zero-order chi connectivity index (χ0) is 12.3. The summed E-state index contributed by atoms with van der Waals surface area (Å²) in [5.74, 6) is 0. The molecule has 0 fully saturated rings. The van der Waals surface area contributed by atoms with Crippen molar-refractivity contribution in [2.24, 2.45) is 0 Å². The van der Waals surface area contributed by atoms with Crippen LogP contribution in [0.3, 0.4) is 0 Å². The number of hydrogen-bond donors (Lipinski definition) is 0. The number of hydrogen-bond acceptors (Lipinski definition) is 3. The van der Waals surface area contributed by atoms with Gasteiger partial charge in [-0.1, -0.05) is 6.07 Å². The Kier molecular flexibility index (Phi) is 3.01. The van der Waals surface area contributed by atoms with Crippen molar-refractivity contribution >= 4 is 0 Å². The molecule has 0 radical (unpaired) electrons. The normalized spacial score (nSPS) is 9.88. The van der Waals surface area contributed by atoms with E-state index in [1.165, 1.54) is 4.57 Å². The first kappa shape index (κ1) is 11.1. The van der Waals surface area contributed by atoms with Crippen LogP contribution in [0.1, 0.15) is 16.8 Å². The van der Waals surface area contributed by atoms with Crippen LogP contribution < -0.4 is 5.56 Å². The molecule has 0 saturated heterocycles. The summed E-state index contributed by atoms with van der Waals surface area (Å²) in [6, 6.07) is 9.24. The molecular weight excluding hydrogens is 214 g/mol. The van der Waals surface area contributed by atoms with Crippen molar-refractivity contribution in [3.8, 4) is 6.07 Å². The van der Waals surface area contributed by atoms with Crippen molar-refractivity contribution in [1.82, 2.24) is 9.55 Å². The molecule has 0 atom stereocenters. The number of aromatic nitrogens is 2. The average Bonchev–Trinajstić information content (AvgIpc) is 2.35. The fraction of sp³-hybridized carbons (Fsp3) is 0.154. The standard InChI is InChI=1S/C13H11N3O/c1-10-5-7-16(13(17)12(10)8-14)9-11-4-2-3-6-15-11/h2-7H,9H2,1H3. The summed E-state index contributed by atoms with van der Waals surface area (Å²) < 4.78 is 1.49. The third kappa shape index (κ3) is 2.23. The highest BCUT2D eigenvalue weighted by atomic mass is 16.1. The lowest BCUT2D eigenvalue weighted by molar-refractivity contribution is 0.735. The van der Waals surface area contributed by atoms with Crippen molar-refractivity contribution in [2.45, 2.75) is 13.5 Å². The van der Waals surface area contributed by atoms with Crippen molar-refractivity contribution in [1.29, 1.82) is 5.26 Å². The van der Waals surface area contributed by atoms with Gasteiger partial charge in [0.2, 0.25) is 0 Å². The molecule has 2 aromatic rings. The molecule has 84 valence electrons. The van der Waals surface area contributed by atoms with Gasteiger partial charge in [0.15, 0.2) is 0 Å². The Morgan fingerprint density at radius 3 is 2.88 bits per heavy atom. The molecule has 0 amide bonds. The second kappa shape index (κ2) is 4.62. The van der Waals surface area contributed by atoms with Gasteiger partial charge in [-0.3, -0.25) is 9.78 Å². The summed E-state index contributed by atoms with van der Waals surface area (Å²) in [5.41, 5.74) is 1.43. The Balaban J connectivity index is 2.43. The Morgan fingerprint density at radius 1 is 1.41 bits per heavy atom. The van der Waals surface area contributed by atoms with Crippen molar-refractivity contribution in [3.63, 3.8) is 0 Å². The number of aryl methyl sites for hydroxylation is 1. The summed E-state index contributed by atoms with van der Waals surface area (Å²) in [6.07, 6.45) is 3.37. The molecule has 2 rings (SSSR count). The van der Waals surface area contributed by atoms with Crippen LogP contribution in [0.2, 0.25) is 0 Å². The highest BCUT2D eigenvalue weighted by Gasteiger charge is 2.06. The van der Waals surface area contributed by atoms with Gasteiger partial charge < -0.3 is 4.57 Å². The van der Waals surface area contributed by atoms with Crippen LogP contribution in [0.5, 0.6) is 0 Å². The molecule has 0 aliphatic carbocycles. The Morgan fingerprint density at radius 2 is 2.24 bits per heavy atom. The Bertz CT molecular complexity index is 623. The van der Waals surface area contributed by atoms with Gasteiger partial charge in [0.1, 0.15) is 11.6 Å². The first-order valence-corrected chi connectivity index (χ1v) is 5.22. The van der Waals surface area contributed by atoms with Gasteiger partial charge in [0, 0.05) is 12.4 Å². The van der Waals surface area contributed by atoms with Crippen LogP contribution >= 0.6 is 0 Å². The molecule has 0 bridgehead atoms. The molecule has 2 aromatic heterocycles. The predicted molar refractivity (Wildman–Crippen MR) is 63.5 cm³/mol. The molecule has 2 heterocycles. The van der Waals surface area contributed by atoms with E-state index in [2.05, 4.69) is 4.98 Å². The SMILES string of the molecule is Cc1ccn(Cc2ccccn2)c(=O)c1C#N. The van der Waals surface area contributed by atoms with Gasteiger partial charge in [-0.2, -0.15) is 5.26 Å². The van der Waals surface area contributed by atoms with Gasteiger partial charge in [-0.25, -0.2) is 0 Å². The molecule has 17 heavy (non-hydrogen) atoms. The van der Waals surface area contributed by atoms with Crippen LogP contribution in [0, 0.1) is 18.3 Å². The molecule has 0 spiro atoms. The first-order chi connectivity index (χ1) is 8.22. The second-order valence-corrected chi connectivity index (χ2v) is 3.74. The zero-order valence-electron chi connectivity index (χ0n) is 9.42. The highest BCUT2D eigenvalue weighted by molar-refractivity contribution is 5.34. The number of pyridine rings is 2. The molecule has 4 heteroatoms. The maximum Gasteiger partial charge on any atom is 0.269 e. The Hall–Kier alpha value is -2.41. The average molecular weight is 225 g/mol. The topological polar surface area (TPSA) is 58.7 Å². The molecular formula is C13H11N3O. The fourth-order valence-electron chi connectivity index (χ4n) is 1.59. The molecule has 0 saturated carbocycles. The quantitative estimate of drug-likeness (QED) is 0.777. The fourth-order valence-corrected chi connectivity index (χ4v) is 1.59. The molecule has 4 nitrogen and oxygen atoms in total. The minimum absolute atomic E-state index is 0.198. The van der Waals surface area contributed by atoms with Gasteiger partial charge in [0.05, 0.1) is 12.2 Å². The van der Waals surface area contributed by atoms with Crippen LogP contribution in [-0.2, 0) is 6.54 Å². The highest BCUT2D eigenvalue weighted by Crippen LogP contribution is 2.02. The largest absolute Gasteiger partial charge is 0.308 e. The van der Waals surface area contributed by atoms with E-state index in [-0.39, 0.29) is 11.1 Å².